The number of rotatable bonds is 5. The lowest BCUT2D eigenvalue weighted by Crippen LogP contribution is -2.35. The highest BCUT2D eigenvalue weighted by molar-refractivity contribution is 5.36. The Labute approximate surface area is 110 Å². The van der Waals surface area contributed by atoms with Gasteiger partial charge in [-0.1, -0.05) is 25.1 Å². The molecule has 0 saturated carbocycles. The molecule has 1 N–H and O–H groups in total. The molecular formula is C13H17F3O3. The minimum absolute atomic E-state index is 0.0472. The summed E-state index contributed by atoms with van der Waals surface area (Å²) in [5, 5.41) is 10.2. The topological polar surface area (TPSA) is 38.7 Å². The summed E-state index contributed by atoms with van der Waals surface area (Å²) in [6, 6.07) is 5.50. The Kier molecular flexibility index (Phi) is 4.81. The van der Waals surface area contributed by atoms with Gasteiger partial charge in [-0.25, -0.2) is 0 Å². The molecule has 1 aromatic carbocycles. The van der Waals surface area contributed by atoms with E-state index in [1.54, 1.807) is 13.8 Å². The summed E-state index contributed by atoms with van der Waals surface area (Å²) in [5.74, 6) is -0.417. The molecule has 0 heterocycles. The number of methoxy groups -OCH3 is 1. The average Bonchev–Trinajstić information content (AvgIpc) is 2.36. The smallest absolute Gasteiger partial charge is 0.405 e. The molecule has 19 heavy (non-hydrogen) atoms. The lowest BCUT2D eigenvalue weighted by Gasteiger charge is -2.33. The number of alkyl halides is 3. The van der Waals surface area contributed by atoms with Crippen molar-refractivity contribution < 1.29 is 27.8 Å². The molecule has 6 heteroatoms. The average molecular weight is 278 g/mol. The second kappa shape index (κ2) is 5.79. The van der Waals surface area contributed by atoms with Crippen LogP contribution in [0.4, 0.5) is 13.2 Å². The van der Waals surface area contributed by atoms with E-state index < -0.39 is 23.8 Å². The number of benzene rings is 1. The van der Waals surface area contributed by atoms with Crippen molar-refractivity contribution in [3.05, 3.63) is 29.8 Å². The van der Waals surface area contributed by atoms with Gasteiger partial charge in [0, 0.05) is 12.7 Å². The maximum atomic E-state index is 12.3. The molecule has 0 bridgehead atoms. The molecule has 1 rings (SSSR count). The molecule has 0 radical (unpaired) electrons. The van der Waals surface area contributed by atoms with Crippen molar-refractivity contribution >= 4 is 0 Å². The summed E-state index contributed by atoms with van der Waals surface area (Å²) in [4.78, 5) is 0. The Bertz CT molecular complexity index is 414. The number of aliphatic hydroxyl groups is 1. The van der Waals surface area contributed by atoms with Crippen molar-refractivity contribution in [1.29, 1.82) is 0 Å². The van der Waals surface area contributed by atoms with Crippen LogP contribution in [0.15, 0.2) is 24.3 Å². The van der Waals surface area contributed by atoms with E-state index in [4.69, 9.17) is 4.74 Å². The van der Waals surface area contributed by atoms with Gasteiger partial charge >= 0.3 is 6.36 Å². The first-order valence-electron chi connectivity index (χ1n) is 5.81. The Morgan fingerprint density at radius 1 is 1.26 bits per heavy atom. The molecule has 0 fully saturated rings. The number of aliphatic hydroxyl groups excluding tert-OH is 1. The van der Waals surface area contributed by atoms with Crippen LogP contribution in [0, 0.1) is 0 Å². The quantitative estimate of drug-likeness (QED) is 0.896. The Balaban J connectivity index is 3.13. The summed E-state index contributed by atoms with van der Waals surface area (Å²) < 4.78 is 46.1. The highest BCUT2D eigenvalue weighted by atomic mass is 19.4. The second-order valence-corrected chi connectivity index (χ2v) is 4.36. The Morgan fingerprint density at radius 3 is 2.32 bits per heavy atom. The third-order valence-corrected chi connectivity index (χ3v) is 3.19. The summed E-state index contributed by atoms with van der Waals surface area (Å²) >= 11 is 0. The SMILES string of the molecule is CCC(C)(OC)C(O)c1ccccc1OC(F)(F)F. The first-order chi connectivity index (χ1) is 8.73. The predicted octanol–water partition coefficient (Wildman–Crippen LogP) is 3.43. The van der Waals surface area contributed by atoms with Crippen molar-refractivity contribution in [2.24, 2.45) is 0 Å². The highest BCUT2D eigenvalue weighted by Crippen LogP contribution is 2.37. The minimum atomic E-state index is -4.80. The van der Waals surface area contributed by atoms with Gasteiger partial charge in [-0.05, 0) is 19.4 Å². The molecule has 0 saturated heterocycles. The molecule has 2 atom stereocenters. The maximum Gasteiger partial charge on any atom is 0.573 e. The van der Waals surface area contributed by atoms with Crippen molar-refractivity contribution in [2.75, 3.05) is 7.11 Å². The zero-order valence-electron chi connectivity index (χ0n) is 11.0. The van der Waals surface area contributed by atoms with Crippen LogP contribution in [-0.2, 0) is 4.74 Å². The lowest BCUT2D eigenvalue weighted by molar-refractivity contribution is -0.275. The van der Waals surface area contributed by atoms with Crippen LogP contribution in [0.25, 0.3) is 0 Å². The molecule has 0 aromatic heterocycles. The fourth-order valence-corrected chi connectivity index (χ4v) is 1.70. The number of ether oxygens (including phenoxy) is 2. The summed E-state index contributed by atoms with van der Waals surface area (Å²) in [6.45, 7) is 3.40. The van der Waals surface area contributed by atoms with Crippen LogP contribution in [0.1, 0.15) is 31.9 Å². The molecule has 1 aromatic rings. The molecule has 0 amide bonds. The van der Waals surface area contributed by atoms with Gasteiger partial charge in [0.2, 0.25) is 0 Å². The van der Waals surface area contributed by atoms with Crippen molar-refractivity contribution in [2.45, 2.75) is 38.3 Å². The van der Waals surface area contributed by atoms with Crippen LogP contribution < -0.4 is 4.74 Å². The zero-order chi connectivity index (χ0) is 14.7. The van der Waals surface area contributed by atoms with Crippen LogP contribution in [-0.4, -0.2) is 24.2 Å². The zero-order valence-corrected chi connectivity index (χ0v) is 11.0. The number of halogens is 3. The molecule has 0 spiro atoms. The van der Waals surface area contributed by atoms with Gasteiger partial charge in [0.1, 0.15) is 11.9 Å². The van der Waals surface area contributed by atoms with E-state index in [1.807, 2.05) is 0 Å². The van der Waals surface area contributed by atoms with Gasteiger partial charge in [0.25, 0.3) is 0 Å². The third-order valence-electron chi connectivity index (χ3n) is 3.19. The highest BCUT2D eigenvalue weighted by Gasteiger charge is 2.37. The van der Waals surface area contributed by atoms with Gasteiger partial charge in [0.15, 0.2) is 0 Å². The monoisotopic (exact) mass is 278 g/mol. The normalized spacial score (nSPS) is 16.8. The first kappa shape index (κ1) is 15.8. The lowest BCUT2D eigenvalue weighted by atomic mass is 9.90. The maximum absolute atomic E-state index is 12.3. The van der Waals surface area contributed by atoms with Gasteiger partial charge < -0.3 is 14.6 Å². The molecule has 108 valence electrons. The standard InChI is InChI=1S/C13H17F3O3/c1-4-12(2,18-3)11(17)9-7-5-6-8-10(9)19-13(14,15)16/h5-8,11,17H,4H2,1-3H3. The van der Waals surface area contributed by atoms with E-state index in [0.717, 1.165) is 6.07 Å². The van der Waals surface area contributed by atoms with Crippen LogP contribution in [0.3, 0.4) is 0 Å². The summed E-state index contributed by atoms with van der Waals surface area (Å²) in [6.07, 6.45) is -5.59. The van der Waals surface area contributed by atoms with Crippen LogP contribution in [0.5, 0.6) is 5.75 Å². The molecule has 0 aliphatic rings. The summed E-state index contributed by atoms with van der Waals surface area (Å²) in [5.41, 5.74) is -0.934. The fourth-order valence-electron chi connectivity index (χ4n) is 1.70. The van der Waals surface area contributed by atoms with Crippen molar-refractivity contribution in [3.63, 3.8) is 0 Å². The molecule has 2 unspecified atom stereocenters. The van der Waals surface area contributed by atoms with Gasteiger partial charge in [0.05, 0.1) is 5.60 Å². The van der Waals surface area contributed by atoms with Gasteiger partial charge in [-0.3, -0.25) is 0 Å². The molecule has 3 nitrogen and oxygen atoms in total. The number of hydrogen-bond donors (Lipinski definition) is 1. The van der Waals surface area contributed by atoms with E-state index in [-0.39, 0.29) is 5.56 Å². The van der Waals surface area contributed by atoms with Crippen molar-refractivity contribution in [1.82, 2.24) is 0 Å². The molecule has 0 aliphatic carbocycles. The molecule has 0 aliphatic heterocycles. The largest absolute Gasteiger partial charge is 0.573 e. The minimum Gasteiger partial charge on any atom is -0.405 e. The van der Waals surface area contributed by atoms with Gasteiger partial charge in [-0.15, -0.1) is 13.2 Å². The first-order valence-corrected chi connectivity index (χ1v) is 5.81. The Morgan fingerprint density at radius 2 is 1.84 bits per heavy atom. The fraction of sp³-hybridized carbons (Fsp3) is 0.538. The Hall–Kier alpha value is -1.27. The van der Waals surface area contributed by atoms with Crippen LogP contribution >= 0.6 is 0 Å². The third kappa shape index (κ3) is 3.84. The summed E-state index contributed by atoms with van der Waals surface area (Å²) in [7, 11) is 1.40. The van der Waals surface area contributed by atoms with Crippen molar-refractivity contribution in [3.8, 4) is 5.75 Å². The van der Waals surface area contributed by atoms with Crippen LogP contribution in [0.2, 0.25) is 0 Å². The van der Waals surface area contributed by atoms with E-state index in [2.05, 4.69) is 4.74 Å². The van der Waals surface area contributed by atoms with E-state index in [0.29, 0.717) is 6.42 Å². The predicted molar refractivity (Wildman–Crippen MR) is 63.8 cm³/mol. The van der Waals surface area contributed by atoms with E-state index in [1.165, 1.54) is 25.3 Å². The van der Waals surface area contributed by atoms with E-state index >= 15 is 0 Å². The number of para-hydroxylation sites is 1. The number of hydrogen-bond acceptors (Lipinski definition) is 3. The van der Waals surface area contributed by atoms with Gasteiger partial charge in [-0.2, -0.15) is 0 Å². The molecular weight excluding hydrogens is 261 g/mol. The second-order valence-electron chi connectivity index (χ2n) is 4.36. The van der Waals surface area contributed by atoms with E-state index in [9.17, 15) is 18.3 Å².